The lowest BCUT2D eigenvalue weighted by Crippen LogP contribution is -2.36. The van der Waals surface area contributed by atoms with Gasteiger partial charge in [-0.25, -0.2) is 13.1 Å². The minimum Gasteiger partial charge on any atom is -0.315 e. The van der Waals surface area contributed by atoms with Gasteiger partial charge in [0, 0.05) is 12.6 Å². The van der Waals surface area contributed by atoms with E-state index in [0.717, 1.165) is 19.4 Å². The van der Waals surface area contributed by atoms with Crippen LogP contribution in [0.15, 0.2) is 29.2 Å². The highest BCUT2D eigenvalue weighted by Gasteiger charge is 2.22. The van der Waals surface area contributed by atoms with E-state index in [0.29, 0.717) is 17.4 Å². The summed E-state index contributed by atoms with van der Waals surface area (Å²) in [6, 6.07) is 7.24. The Morgan fingerprint density at radius 1 is 1.37 bits per heavy atom. The molecule has 0 saturated carbocycles. The van der Waals surface area contributed by atoms with E-state index in [9.17, 15) is 8.42 Å². The Kier molecular flexibility index (Phi) is 4.60. The third-order valence-electron chi connectivity index (χ3n) is 3.75. The van der Waals surface area contributed by atoms with Gasteiger partial charge < -0.3 is 5.32 Å². The van der Waals surface area contributed by atoms with Gasteiger partial charge in [0.05, 0.1) is 4.90 Å². The fourth-order valence-corrected chi connectivity index (χ4v) is 3.52. The summed E-state index contributed by atoms with van der Waals surface area (Å²) in [6.45, 7) is 5.86. The van der Waals surface area contributed by atoms with Gasteiger partial charge in [0.25, 0.3) is 0 Å². The van der Waals surface area contributed by atoms with Crippen LogP contribution in [-0.4, -0.2) is 27.5 Å². The highest BCUT2D eigenvalue weighted by molar-refractivity contribution is 7.89. The summed E-state index contributed by atoms with van der Waals surface area (Å²) in [7, 11) is -3.38. The van der Waals surface area contributed by atoms with Crippen LogP contribution in [0.5, 0.6) is 0 Å². The Balaban J connectivity index is 2.11. The first-order valence-electron chi connectivity index (χ1n) is 6.86. The maximum atomic E-state index is 12.2. The number of sulfonamides is 1. The Morgan fingerprint density at radius 2 is 2.05 bits per heavy atom. The van der Waals surface area contributed by atoms with E-state index < -0.39 is 10.0 Å². The van der Waals surface area contributed by atoms with E-state index in [1.807, 2.05) is 12.1 Å². The van der Waals surface area contributed by atoms with Gasteiger partial charge in [-0.05, 0) is 43.0 Å². The smallest absolute Gasteiger partial charge is 0.240 e. The van der Waals surface area contributed by atoms with Gasteiger partial charge in [-0.3, -0.25) is 0 Å². The molecular weight excluding hydrogens is 260 g/mol. The van der Waals surface area contributed by atoms with E-state index in [4.69, 9.17) is 0 Å². The summed E-state index contributed by atoms with van der Waals surface area (Å²) in [5.74, 6) is 0.462. The van der Waals surface area contributed by atoms with Crippen LogP contribution in [0.1, 0.15) is 38.2 Å². The van der Waals surface area contributed by atoms with Gasteiger partial charge in [0.15, 0.2) is 0 Å². The molecule has 106 valence electrons. The van der Waals surface area contributed by atoms with Gasteiger partial charge in [-0.15, -0.1) is 0 Å². The van der Waals surface area contributed by atoms with Crippen LogP contribution >= 0.6 is 0 Å². The number of hydrogen-bond acceptors (Lipinski definition) is 3. The average Bonchev–Trinajstić information content (AvgIpc) is 2.90. The van der Waals surface area contributed by atoms with Crippen LogP contribution in [0.4, 0.5) is 0 Å². The third kappa shape index (κ3) is 3.55. The zero-order valence-electron chi connectivity index (χ0n) is 11.5. The Labute approximate surface area is 115 Å². The summed E-state index contributed by atoms with van der Waals surface area (Å²) in [5.41, 5.74) is 1.18. The molecule has 1 heterocycles. The molecule has 1 aromatic rings. The number of benzene rings is 1. The lowest BCUT2D eigenvalue weighted by atomic mass is 9.99. The van der Waals surface area contributed by atoms with E-state index in [2.05, 4.69) is 23.9 Å². The fourth-order valence-electron chi connectivity index (χ4n) is 2.25. The molecule has 1 aliphatic rings. The van der Waals surface area contributed by atoms with E-state index in [1.54, 1.807) is 12.1 Å². The minimum atomic E-state index is -3.38. The second-order valence-corrected chi connectivity index (χ2v) is 6.90. The van der Waals surface area contributed by atoms with Crippen LogP contribution in [-0.2, 0) is 10.0 Å². The Bertz CT molecular complexity index is 505. The molecule has 1 unspecified atom stereocenters. The summed E-state index contributed by atoms with van der Waals surface area (Å²) in [4.78, 5) is 0.353. The van der Waals surface area contributed by atoms with E-state index >= 15 is 0 Å². The second kappa shape index (κ2) is 6.03. The fraction of sp³-hybridized carbons (Fsp3) is 0.571. The van der Waals surface area contributed by atoms with Crippen LogP contribution in [0.25, 0.3) is 0 Å². The van der Waals surface area contributed by atoms with E-state index in [1.165, 1.54) is 5.56 Å². The number of rotatable bonds is 5. The maximum Gasteiger partial charge on any atom is 0.240 e. The molecular formula is C14H22N2O2S. The molecule has 0 bridgehead atoms. The number of nitrogens with one attached hydrogen (secondary N) is 2. The van der Waals surface area contributed by atoms with Crippen LogP contribution in [0.2, 0.25) is 0 Å². The molecule has 0 aliphatic carbocycles. The summed E-state index contributed by atoms with van der Waals surface area (Å²) < 4.78 is 27.1. The zero-order chi connectivity index (χ0) is 13.9. The minimum absolute atomic E-state index is 0.0132. The molecule has 2 N–H and O–H groups in total. The molecule has 1 aliphatic heterocycles. The maximum absolute atomic E-state index is 12.2. The van der Waals surface area contributed by atoms with Crippen molar-refractivity contribution in [2.45, 2.75) is 43.5 Å². The Hall–Kier alpha value is -0.910. The van der Waals surface area contributed by atoms with Gasteiger partial charge in [0.2, 0.25) is 10.0 Å². The van der Waals surface area contributed by atoms with E-state index in [-0.39, 0.29) is 6.04 Å². The van der Waals surface area contributed by atoms with Gasteiger partial charge in [0.1, 0.15) is 0 Å². The van der Waals surface area contributed by atoms with Crippen LogP contribution < -0.4 is 10.0 Å². The van der Waals surface area contributed by atoms with Gasteiger partial charge in [-0.1, -0.05) is 26.0 Å². The van der Waals surface area contributed by atoms with Crippen molar-refractivity contribution in [1.29, 1.82) is 0 Å². The highest BCUT2D eigenvalue weighted by atomic mass is 32.2. The predicted octanol–water partition coefficient (Wildman–Crippen LogP) is 1.84. The van der Waals surface area contributed by atoms with Crippen molar-refractivity contribution >= 4 is 10.0 Å². The normalized spacial score (nSPS) is 21.5. The molecule has 4 nitrogen and oxygen atoms in total. The first-order valence-corrected chi connectivity index (χ1v) is 8.34. The molecule has 0 amide bonds. The molecule has 0 radical (unpaired) electrons. The predicted molar refractivity (Wildman–Crippen MR) is 76.7 cm³/mol. The van der Waals surface area contributed by atoms with Crippen molar-refractivity contribution in [2.75, 3.05) is 13.1 Å². The summed E-state index contributed by atoms with van der Waals surface area (Å²) in [6.07, 6.45) is 1.91. The van der Waals surface area contributed by atoms with Crippen molar-refractivity contribution < 1.29 is 8.42 Å². The van der Waals surface area contributed by atoms with Crippen molar-refractivity contribution in [2.24, 2.45) is 0 Å². The SMILES string of the molecule is CCC(C)c1ccc(S(=O)(=O)N[C@H]2CCNC2)cc1. The van der Waals surface area contributed by atoms with Crippen molar-refractivity contribution in [3.63, 3.8) is 0 Å². The average molecular weight is 282 g/mol. The van der Waals surface area contributed by atoms with Crippen molar-refractivity contribution in [3.8, 4) is 0 Å². The Morgan fingerprint density at radius 3 is 2.58 bits per heavy atom. The van der Waals surface area contributed by atoms with Gasteiger partial charge >= 0.3 is 0 Å². The van der Waals surface area contributed by atoms with Crippen molar-refractivity contribution in [1.82, 2.24) is 10.0 Å². The molecule has 2 rings (SSSR count). The lowest BCUT2D eigenvalue weighted by Gasteiger charge is -2.13. The molecule has 0 aromatic heterocycles. The standard InChI is InChI=1S/C14H22N2O2S/c1-3-11(2)12-4-6-14(7-5-12)19(17,18)16-13-8-9-15-10-13/h4-7,11,13,15-16H,3,8-10H2,1-2H3/t11?,13-/m0/s1. The van der Waals surface area contributed by atoms with Gasteiger partial charge in [-0.2, -0.15) is 0 Å². The molecule has 2 atom stereocenters. The first-order chi connectivity index (χ1) is 9.03. The monoisotopic (exact) mass is 282 g/mol. The lowest BCUT2D eigenvalue weighted by molar-refractivity contribution is 0.560. The van der Waals surface area contributed by atoms with Crippen LogP contribution in [0.3, 0.4) is 0 Å². The first kappa shape index (κ1) is 14.5. The number of hydrogen-bond donors (Lipinski definition) is 2. The molecule has 1 aromatic carbocycles. The van der Waals surface area contributed by atoms with Crippen molar-refractivity contribution in [3.05, 3.63) is 29.8 Å². The highest BCUT2D eigenvalue weighted by Crippen LogP contribution is 2.20. The summed E-state index contributed by atoms with van der Waals surface area (Å²) >= 11 is 0. The topological polar surface area (TPSA) is 58.2 Å². The van der Waals surface area contributed by atoms with Crippen LogP contribution in [0, 0.1) is 0 Å². The summed E-state index contributed by atoms with van der Waals surface area (Å²) in [5, 5.41) is 3.15. The molecule has 1 fully saturated rings. The molecule has 5 heteroatoms. The third-order valence-corrected chi connectivity index (χ3v) is 5.29. The molecule has 19 heavy (non-hydrogen) atoms. The quantitative estimate of drug-likeness (QED) is 0.866. The second-order valence-electron chi connectivity index (χ2n) is 5.19. The molecule has 1 saturated heterocycles. The zero-order valence-corrected chi connectivity index (χ0v) is 12.3. The largest absolute Gasteiger partial charge is 0.315 e. The molecule has 0 spiro atoms.